The number of fused-ring (bicyclic) bond motifs is 2. The van der Waals surface area contributed by atoms with E-state index in [4.69, 9.17) is 0 Å². The number of rotatable bonds is 6. The summed E-state index contributed by atoms with van der Waals surface area (Å²) in [6.45, 7) is 3.73. The molecule has 2 aromatic carbocycles. The summed E-state index contributed by atoms with van der Waals surface area (Å²) in [5.41, 5.74) is 3.92. The van der Waals surface area contributed by atoms with Crippen molar-refractivity contribution < 1.29 is 9.18 Å². The molecule has 0 spiro atoms. The molecule has 10 heteroatoms. The quantitative estimate of drug-likeness (QED) is 0.392. The second-order valence-corrected chi connectivity index (χ2v) is 11.7. The number of aryl methyl sites for hydroxylation is 2. The predicted octanol–water partition coefficient (Wildman–Crippen LogP) is 3.78. The molecule has 0 radical (unpaired) electrons. The minimum absolute atomic E-state index is 0.0323. The van der Waals surface area contributed by atoms with Crippen LogP contribution in [0.1, 0.15) is 30.4 Å². The van der Waals surface area contributed by atoms with Crippen LogP contribution in [-0.4, -0.2) is 54.1 Å². The van der Waals surface area contributed by atoms with Crippen LogP contribution in [0.2, 0.25) is 0 Å². The largest absolute Gasteiger partial charge is 0.353 e. The summed E-state index contributed by atoms with van der Waals surface area (Å²) >= 11 is 1.61. The first-order valence-corrected chi connectivity index (χ1v) is 13.5. The predicted molar refractivity (Wildman–Crippen MR) is 139 cm³/mol. The smallest absolute Gasteiger partial charge is 0.224 e. The van der Waals surface area contributed by atoms with Crippen LogP contribution in [-0.2, 0) is 17.3 Å². The summed E-state index contributed by atoms with van der Waals surface area (Å²) in [5.74, 6) is 0.143. The maximum Gasteiger partial charge on any atom is 0.224 e. The fourth-order valence-corrected chi connectivity index (χ4v) is 7.36. The first-order valence-electron chi connectivity index (χ1n) is 12.8. The molecule has 1 saturated heterocycles. The molecule has 3 atom stereocenters. The Bertz CT molecular complexity index is 1510. The lowest BCUT2D eigenvalue weighted by atomic mass is 9.87. The van der Waals surface area contributed by atoms with Gasteiger partial charge in [0, 0.05) is 37.0 Å². The molecule has 7 rings (SSSR count). The second-order valence-electron chi connectivity index (χ2n) is 10.6. The fraction of sp³-hybridized carbons (Fsp3) is 0.407. The molecule has 190 valence electrons. The monoisotopic (exact) mass is 517 g/mol. The van der Waals surface area contributed by atoms with Crippen LogP contribution >= 0.6 is 11.9 Å². The average Bonchev–Trinajstić information content (AvgIpc) is 3.23. The lowest BCUT2D eigenvalue weighted by Gasteiger charge is -2.28. The number of piperidine rings is 1. The highest BCUT2D eigenvalue weighted by atomic mass is 32.2. The molecular formula is C27H28FN7OS. The van der Waals surface area contributed by atoms with Gasteiger partial charge in [0.25, 0.3) is 0 Å². The summed E-state index contributed by atoms with van der Waals surface area (Å²) in [5, 5.41) is 18.4. The zero-order valence-electron chi connectivity index (χ0n) is 20.8. The van der Waals surface area contributed by atoms with Crippen molar-refractivity contribution in [3.05, 3.63) is 65.7 Å². The van der Waals surface area contributed by atoms with Gasteiger partial charge in [-0.05, 0) is 91.6 Å². The van der Waals surface area contributed by atoms with Crippen molar-refractivity contribution in [2.45, 2.75) is 42.7 Å². The third kappa shape index (κ3) is 3.68. The lowest BCUT2D eigenvalue weighted by Crippen LogP contribution is -2.42. The van der Waals surface area contributed by atoms with E-state index in [1.807, 2.05) is 17.9 Å². The van der Waals surface area contributed by atoms with Gasteiger partial charge in [-0.15, -0.1) is 5.10 Å². The van der Waals surface area contributed by atoms with Crippen molar-refractivity contribution in [2.75, 3.05) is 13.1 Å². The molecule has 37 heavy (non-hydrogen) atoms. The standard InChI is InChI=1S/C27H28FN7OS/c1-16-10-23-17(12-30-35(23)20-8-6-18(28)7-9-20)11-21(16)27-15-34(37-24-13-29-33(2)32-24)14-22(27)25(27)26(36)31-19-4-3-5-19/h6-13,19,22,25H,3-5,14-15H2,1-2H3,(H,31,36). The Morgan fingerprint density at radius 3 is 2.68 bits per heavy atom. The molecule has 2 aromatic heterocycles. The van der Waals surface area contributed by atoms with Gasteiger partial charge >= 0.3 is 0 Å². The Balaban J connectivity index is 1.24. The van der Waals surface area contributed by atoms with Gasteiger partial charge in [-0.25, -0.2) is 13.4 Å². The molecule has 3 aliphatic rings. The van der Waals surface area contributed by atoms with Crippen LogP contribution in [0.15, 0.2) is 53.8 Å². The number of carbonyl (C=O) groups excluding carboxylic acids is 1. The SMILES string of the molecule is Cc1cc2c(cnn2-c2ccc(F)cc2)cc1C12CN(Sc3cnn(C)n3)CC1C2C(=O)NC1CCC1. The van der Waals surface area contributed by atoms with E-state index in [9.17, 15) is 9.18 Å². The Kier molecular flexibility index (Phi) is 5.20. The van der Waals surface area contributed by atoms with Crippen LogP contribution < -0.4 is 5.32 Å². The molecule has 8 nitrogen and oxygen atoms in total. The van der Waals surface area contributed by atoms with Crippen molar-refractivity contribution in [3.8, 4) is 5.69 Å². The number of nitrogens with zero attached hydrogens (tertiary/aromatic N) is 6. The molecule has 2 saturated carbocycles. The number of nitrogens with one attached hydrogen (secondary N) is 1. The number of hydrogen-bond acceptors (Lipinski definition) is 6. The van der Waals surface area contributed by atoms with E-state index >= 15 is 0 Å². The zero-order chi connectivity index (χ0) is 25.3. The first kappa shape index (κ1) is 22.9. The van der Waals surface area contributed by atoms with Gasteiger partial charge in [0.05, 0.1) is 29.5 Å². The maximum absolute atomic E-state index is 13.5. The maximum atomic E-state index is 13.5. The third-order valence-corrected chi connectivity index (χ3v) is 9.28. The van der Waals surface area contributed by atoms with Gasteiger partial charge in [-0.2, -0.15) is 15.0 Å². The summed E-state index contributed by atoms with van der Waals surface area (Å²) in [6, 6.07) is 11.1. The van der Waals surface area contributed by atoms with E-state index in [0.717, 1.165) is 53.1 Å². The highest BCUT2D eigenvalue weighted by Gasteiger charge is 2.73. The van der Waals surface area contributed by atoms with Crippen LogP contribution in [0.5, 0.6) is 0 Å². The number of hydrogen-bond donors (Lipinski definition) is 1. The molecule has 2 aliphatic carbocycles. The highest BCUT2D eigenvalue weighted by molar-refractivity contribution is 7.97. The zero-order valence-corrected chi connectivity index (χ0v) is 21.6. The third-order valence-electron chi connectivity index (χ3n) is 8.37. The number of aromatic nitrogens is 5. The second kappa shape index (κ2) is 8.39. The van der Waals surface area contributed by atoms with Crippen molar-refractivity contribution in [3.63, 3.8) is 0 Å². The van der Waals surface area contributed by atoms with Gasteiger partial charge in [0.2, 0.25) is 5.91 Å². The van der Waals surface area contributed by atoms with E-state index in [2.05, 4.69) is 44.0 Å². The highest BCUT2D eigenvalue weighted by Crippen LogP contribution is 2.66. The molecule has 0 bridgehead atoms. The van der Waals surface area contributed by atoms with E-state index < -0.39 is 0 Å². The van der Waals surface area contributed by atoms with Crippen molar-refractivity contribution in [2.24, 2.45) is 18.9 Å². The van der Waals surface area contributed by atoms with Crippen molar-refractivity contribution in [1.29, 1.82) is 0 Å². The van der Waals surface area contributed by atoms with Gasteiger partial charge in [-0.1, -0.05) is 0 Å². The minimum Gasteiger partial charge on any atom is -0.353 e. The number of amides is 1. The lowest BCUT2D eigenvalue weighted by molar-refractivity contribution is -0.124. The van der Waals surface area contributed by atoms with Crippen LogP contribution in [0, 0.1) is 24.6 Å². The minimum atomic E-state index is -0.270. The van der Waals surface area contributed by atoms with Crippen LogP contribution in [0.25, 0.3) is 16.6 Å². The van der Waals surface area contributed by atoms with Crippen LogP contribution in [0.4, 0.5) is 4.39 Å². The molecule has 3 heterocycles. The van der Waals surface area contributed by atoms with Gasteiger partial charge < -0.3 is 5.32 Å². The summed E-state index contributed by atoms with van der Waals surface area (Å²) in [6.07, 6.45) is 7.00. The number of carbonyl (C=O) groups is 1. The van der Waals surface area contributed by atoms with E-state index in [1.165, 1.54) is 24.1 Å². The van der Waals surface area contributed by atoms with Crippen molar-refractivity contribution >= 4 is 28.8 Å². The average molecular weight is 518 g/mol. The Hall–Kier alpha value is -3.24. The molecule has 4 aromatic rings. The molecule has 1 amide bonds. The Labute approximate surface area is 218 Å². The number of benzene rings is 2. The normalized spacial score (nSPS) is 25.3. The first-order chi connectivity index (χ1) is 17.9. The summed E-state index contributed by atoms with van der Waals surface area (Å²) in [7, 11) is 1.82. The molecule has 3 unspecified atom stereocenters. The molecular weight excluding hydrogens is 489 g/mol. The van der Waals surface area contributed by atoms with E-state index in [-0.39, 0.29) is 29.0 Å². The van der Waals surface area contributed by atoms with Crippen LogP contribution in [0.3, 0.4) is 0 Å². The summed E-state index contributed by atoms with van der Waals surface area (Å²) in [4.78, 5) is 15.0. The van der Waals surface area contributed by atoms with Gasteiger partial charge in [0.1, 0.15) is 5.82 Å². The van der Waals surface area contributed by atoms with Gasteiger partial charge in [-0.3, -0.25) is 4.79 Å². The van der Waals surface area contributed by atoms with Gasteiger partial charge in [0.15, 0.2) is 5.03 Å². The fourth-order valence-electron chi connectivity index (χ4n) is 6.33. The topological polar surface area (TPSA) is 80.9 Å². The van der Waals surface area contributed by atoms with E-state index in [1.54, 1.807) is 35.1 Å². The Morgan fingerprint density at radius 2 is 1.97 bits per heavy atom. The number of halogens is 1. The molecule has 1 N–H and O–H groups in total. The molecule has 1 aliphatic heterocycles. The van der Waals surface area contributed by atoms with Crippen molar-refractivity contribution in [1.82, 2.24) is 34.4 Å². The summed E-state index contributed by atoms with van der Waals surface area (Å²) < 4.78 is 17.7. The molecule has 3 fully saturated rings. The van der Waals surface area contributed by atoms with E-state index in [0.29, 0.717) is 6.04 Å². The Morgan fingerprint density at radius 1 is 1.16 bits per heavy atom.